The zero-order valence-corrected chi connectivity index (χ0v) is 11.8. The number of hydrogen-bond donors (Lipinski definition) is 3. The number of nitrogens with one attached hydrogen (secondary N) is 2. The van der Waals surface area contributed by atoms with E-state index in [1.807, 2.05) is 11.8 Å². The number of imide groups is 1. The third kappa shape index (κ3) is 7.96. The molecule has 1 unspecified atom stereocenters. The second kappa shape index (κ2) is 9.05. The van der Waals surface area contributed by atoms with Crippen LogP contribution in [0, 0.1) is 0 Å². The standard InChI is InChI=1S/C10H16N2O5S2/c13-8(4-17-5-9(14)15)12-10(16)11-3-7-6-18-1-2-19-7/h7H,1-6H2,(H,14,15)(H2,11,12,13,16). The molecular weight excluding hydrogens is 292 g/mol. The Morgan fingerprint density at radius 1 is 1.26 bits per heavy atom. The SMILES string of the molecule is O=C(O)COCC(=O)NC(=O)NCC1CSCCS1. The van der Waals surface area contributed by atoms with Crippen molar-refractivity contribution in [3.8, 4) is 0 Å². The molecule has 1 atom stereocenters. The van der Waals surface area contributed by atoms with Gasteiger partial charge in [0.1, 0.15) is 13.2 Å². The first kappa shape index (κ1) is 16.1. The average molecular weight is 308 g/mol. The van der Waals surface area contributed by atoms with Crippen LogP contribution in [-0.4, -0.2) is 65.3 Å². The summed E-state index contributed by atoms with van der Waals surface area (Å²) in [5.74, 6) is 1.36. The van der Waals surface area contributed by atoms with Gasteiger partial charge in [-0.3, -0.25) is 10.1 Å². The number of urea groups is 1. The fourth-order valence-corrected chi connectivity index (χ4v) is 3.91. The maximum atomic E-state index is 11.4. The van der Waals surface area contributed by atoms with Gasteiger partial charge in [-0.25, -0.2) is 9.59 Å². The number of ether oxygens (including phenoxy) is 1. The van der Waals surface area contributed by atoms with Crippen molar-refractivity contribution in [2.24, 2.45) is 0 Å². The van der Waals surface area contributed by atoms with E-state index in [2.05, 4.69) is 15.4 Å². The summed E-state index contributed by atoms with van der Waals surface area (Å²) in [7, 11) is 0. The Labute approximate surface area is 119 Å². The molecule has 0 spiro atoms. The maximum Gasteiger partial charge on any atom is 0.329 e. The van der Waals surface area contributed by atoms with Crippen molar-refractivity contribution in [3.05, 3.63) is 0 Å². The number of aliphatic carboxylic acids is 1. The van der Waals surface area contributed by atoms with Gasteiger partial charge in [0.05, 0.1) is 0 Å². The minimum atomic E-state index is -1.16. The van der Waals surface area contributed by atoms with Gasteiger partial charge in [0, 0.05) is 29.1 Å². The van der Waals surface area contributed by atoms with Crippen LogP contribution < -0.4 is 10.6 Å². The van der Waals surface area contributed by atoms with Crippen LogP contribution in [0.4, 0.5) is 4.79 Å². The Morgan fingerprint density at radius 3 is 2.68 bits per heavy atom. The summed E-state index contributed by atoms with van der Waals surface area (Å²) in [6.07, 6.45) is 0. The third-order valence-electron chi connectivity index (χ3n) is 2.09. The first-order chi connectivity index (χ1) is 9.08. The molecule has 0 aliphatic carbocycles. The van der Waals surface area contributed by atoms with Gasteiger partial charge in [-0.15, -0.1) is 0 Å². The van der Waals surface area contributed by atoms with Crippen LogP contribution in [0.25, 0.3) is 0 Å². The van der Waals surface area contributed by atoms with Gasteiger partial charge in [0.2, 0.25) is 0 Å². The molecule has 0 aromatic heterocycles. The van der Waals surface area contributed by atoms with Crippen LogP contribution in [0.1, 0.15) is 0 Å². The lowest BCUT2D eigenvalue weighted by atomic mass is 10.4. The lowest BCUT2D eigenvalue weighted by Crippen LogP contribution is -2.44. The van der Waals surface area contributed by atoms with Gasteiger partial charge < -0.3 is 15.2 Å². The number of rotatable bonds is 6. The molecule has 0 saturated carbocycles. The van der Waals surface area contributed by atoms with Gasteiger partial charge in [0.15, 0.2) is 0 Å². The van der Waals surface area contributed by atoms with E-state index in [-0.39, 0.29) is 0 Å². The monoisotopic (exact) mass is 308 g/mol. The Bertz CT molecular complexity index is 334. The molecule has 3 amide bonds. The normalized spacial score (nSPS) is 18.6. The third-order valence-corrected chi connectivity index (χ3v) is 4.93. The van der Waals surface area contributed by atoms with Crippen molar-refractivity contribution in [2.45, 2.75) is 5.25 Å². The minimum absolute atomic E-state index is 0.364. The molecule has 108 valence electrons. The van der Waals surface area contributed by atoms with Crippen LogP contribution in [-0.2, 0) is 14.3 Å². The van der Waals surface area contributed by atoms with Crippen molar-refractivity contribution >= 4 is 41.4 Å². The second-order valence-electron chi connectivity index (χ2n) is 3.71. The molecule has 0 aromatic rings. The summed E-state index contributed by atoms with van der Waals surface area (Å²) in [6, 6.07) is -0.583. The van der Waals surface area contributed by atoms with E-state index < -0.39 is 31.1 Å². The Kier molecular flexibility index (Phi) is 7.68. The van der Waals surface area contributed by atoms with Gasteiger partial charge in [-0.2, -0.15) is 23.5 Å². The topological polar surface area (TPSA) is 105 Å². The first-order valence-corrected chi connectivity index (χ1v) is 7.85. The number of carbonyl (C=O) groups is 3. The quantitative estimate of drug-likeness (QED) is 0.622. The summed E-state index contributed by atoms with van der Waals surface area (Å²) < 4.78 is 4.55. The summed E-state index contributed by atoms with van der Waals surface area (Å²) in [6.45, 7) is -0.508. The smallest absolute Gasteiger partial charge is 0.329 e. The predicted molar refractivity (Wildman–Crippen MR) is 73.6 cm³/mol. The highest BCUT2D eigenvalue weighted by Gasteiger charge is 2.16. The zero-order valence-electron chi connectivity index (χ0n) is 10.2. The van der Waals surface area contributed by atoms with E-state index in [0.29, 0.717) is 11.8 Å². The predicted octanol–water partition coefficient (Wildman–Crippen LogP) is -0.238. The number of hydrogen-bond acceptors (Lipinski definition) is 6. The highest BCUT2D eigenvalue weighted by molar-refractivity contribution is 8.06. The van der Waals surface area contributed by atoms with Crippen LogP contribution >= 0.6 is 23.5 Å². The van der Waals surface area contributed by atoms with Crippen LogP contribution in [0.2, 0.25) is 0 Å². The molecule has 1 heterocycles. The van der Waals surface area contributed by atoms with Crippen LogP contribution in [0.15, 0.2) is 0 Å². The summed E-state index contributed by atoms with van der Waals surface area (Å²) in [4.78, 5) is 32.7. The van der Waals surface area contributed by atoms with E-state index in [4.69, 9.17) is 5.11 Å². The number of carboxylic acid groups (broad SMARTS) is 1. The van der Waals surface area contributed by atoms with Gasteiger partial charge in [0.25, 0.3) is 5.91 Å². The Morgan fingerprint density at radius 2 is 2.05 bits per heavy atom. The lowest BCUT2D eigenvalue weighted by molar-refractivity contribution is -0.143. The molecule has 9 heteroatoms. The van der Waals surface area contributed by atoms with Gasteiger partial charge >= 0.3 is 12.0 Å². The number of carboxylic acids is 1. The van der Waals surface area contributed by atoms with E-state index in [1.165, 1.54) is 0 Å². The fourth-order valence-electron chi connectivity index (χ4n) is 1.30. The highest BCUT2D eigenvalue weighted by Crippen LogP contribution is 2.23. The summed E-state index contributed by atoms with van der Waals surface area (Å²) >= 11 is 3.65. The number of carbonyl (C=O) groups excluding carboxylic acids is 2. The molecule has 1 saturated heterocycles. The van der Waals surface area contributed by atoms with Crippen molar-refractivity contribution in [2.75, 3.05) is 37.0 Å². The van der Waals surface area contributed by atoms with E-state index in [0.717, 1.165) is 17.3 Å². The molecule has 1 fully saturated rings. The number of thioether (sulfide) groups is 2. The van der Waals surface area contributed by atoms with E-state index in [1.54, 1.807) is 11.8 Å². The molecule has 0 bridgehead atoms. The molecule has 7 nitrogen and oxygen atoms in total. The van der Waals surface area contributed by atoms with Gasteiger partial charge in [-0.1, -0.05) is 0 Å². The van der Waals surface area contributed by atoms with E-state index in [9.17, 15) is 14.4 Å². The molecule has 0 radical (unpaired) electrons. The molecule has 1 rings (SSSR count). The van der Waals surface area contributed by atoms with Crippen molar-refractivity contribution < 1.29 is 24.2 Å². The average Bonchev–Trinajstić information content (AvgIpc) is 2.37. The minimum Gasteiger partial charge on any atom is -0.480 e. The lowest BCUT2D eigenvalue weighted by Gasteiger charge is -2.21. The molecule has 19 heavy (non-hydrogen) atoms. The summed E-state index contributed by atoms with van der Waals surface area (Å²) in [5.41, 5.74) is 0. The summed E-state index contributed by atoms with van der Waals surface area (Å²) in [5, 5.41) is 13.3. The second-order valence-corrected chi connectivity index (χ2v) is 6.27. The zero-order chi connectivity index (χ0) is 14.1. The molecular formula is C10H16N2O5S2. The Hall–Kier alpha value is -0.930. The van der Waals surface area contributed by atoms with E-state index >= 15 is 0 Å². The molecule has 3 N–H and O–H groups in total. The van der Waals surface area contributed by atoms with Crippen LogP contribution in [0.5, 0.6) is 0 Å². The van der Waals surface area contributed by atoms with Crippen molar-refractivity contribution in [3.63, 3.8) is 0 Å². The highest BCUT2D eigenvalue weighted by atomic mass is 32.2. The Balaban J connectivity index is 2.08. The molecule has 1 aliphatic heterocycles. The largest absolute Gasteiger partial charge is 0.480 e. The van der Waals surface area contributed by atoms with Crippen molar-refractivity contribution in [1.29, 1.82) is 0 Å². The fraction of sp³-hybridized carbons (Fsp3) is 0.700. The molecule has 0 aromatic carbocycles. The first-order valence-electron chi connectivity index (χ1n) is 5.64. The van der Waals surface area contributed by atoms with Crippen molar-refractivity contribution in [1.82, 2.24) is 10.6 Å². The van der Waals surface area contributed by atoms with Crippen LogP contribution in [0.3, 0.4) is 0 Å². The van der Waals surface area contributed by atoms with Gasteiger partial charge in [-0.05, 0) is 0 Å². The number of amides is 3. The molecule has 1 aliphatic rings. The maximum absolute atomic E-state index is 11.4.